The van der Waals surface area contributed by atoms with E-state index in [1.807, 2.05) is 0 Å². The molecule has 0 saturated heterocycles. The first-order chi connectivity index (χ1) is 9.15. The van der Waals surface area contributed by atoms with E-state index in [0.717, 1.165) is 17.9 Å². The van der Waals surface area contributed by atoms with Gasteiger partial charge in [-0.3, -0.25) is 0 Å². The summed E-state index contributed by atoms with van der Waals surface area (Å²) in [6.45, 7) is 15.6. The lowest BCUT2D eigenvalue weighted by Crippen LogP contribution is -2.45. The number of rotatable bonds is 3. The highest BCUT2D eigenvalue weighted by Gasteiger charge is 2.38. The summed E-state index contributed by atoms with van der Waals surface area (Å²) in [7, 11) is 0. The maximum absolute atomic E-state index is 3.92. The van der Waals surface area contributed by atoms with E-state index in [0.29, 0.717) is 10.8 Å². The Morgan fingerprint density at radius 3 is 2.30 bits per heavy atom. The number of allylic oxidation sites excluding steroid dienone is 2. The van der Waals surface area contributed by atoms with Gasteiger partial charge >= 0.3 is 0 Å². The topological polar surface area (TPSA) is 12.0 Å². The Morgan fingerprint density at radius 2 is 1.75 bits per heavy atom. The van der Waals surface area contributed by atoms with E-state index in [2.05, 4.69) is 52.9 Å². The van der Waals surface area contributed by atoms with Crippen LogP contribution < -0.4 is 5.32 Å². The second-order valence-corrected chi connectivity index (χ2v) is 9.31. The van der Waals surface area contributed by atoms with Gasteiger partial charge in [-0.05, 0) is 68.2 Å². The van der Waals surface area contributed by atoms with E-state index in [1.165, 1.54) is 38.6 Å². The van der Waals surface area contributed by atoms with Crippen LogP contribution in [0.4, 0.5) is 0 Å². The molecule has 1 nitrogen and oxygen atoms in total. The summed E-state index contributed by atoms with van der Waals surface area (Å²) >= 11 is 0. The van der Waals surface area contributed by atoms with E-state index in [-0.39, 0.29) is 0 Å². The van der Waals surface area contributed by atoms with Crippen molar-refractivity contribution in [2.45, 2.75) is 79.7 Å². The Hall–Kier alpha value is -0.300. The number of hydrogen-bond acceptors (Lipinski definition) is 1. The number of nitrogens with one attached hydrogen (secondary N) is 1. The monoisotopic (exact) mass is 277 g/mol. The van der Waals surface area contributed by atoms with E-state index in [4.69, 9.17) is 0 Å². The minimum atomic E-state index is 0.495. The van der Waals surface area contributed by atoms with Crippen LogP contribution in [-0.2, 0) is 0 Å². The fourth-order valence-electron chi connectivity index (χ4n) is 5.17. The molecule has 0 radical (unpaired) electrons. The first-order valence-electron chi connectivity index (χ1n) is 8.56. The average molecular weight is 277 g/mol. The second-order valence-electron chi connectivity index (χ2n) is 9.31. The minimum absolute atomic E-state index is 0.495. The second kappa shape index (κ2) is 5.83. The Labute approximate surface area is 126 Å². The van der Waals surface area contributed by atoms with Crippen molar-refractivity contribution >= 4 is 0 Å². The Bertz CT molecular complexity index is 348. The Balaban J connectivity index is 1.86. The smallest absolute Gasteiger partial charge is 0.00773 e. The highest BCUT2D eigenvalue weighted by Crippen LogP contribution is 2.45. The van der Waals surface area contributed by atoms with Gasteiger partial charge in [0.25, 0.3) is 0 Å². The SMILES string of the molecule is CC1=CC(C)CC(CNC2CC(C)(C)CC(C)(C)C2)C1. The first kappa shape index (κ1) is 16.1. The highest BCUT2D eigenvalue weighted by molar-refractivity contribution is 5.06. The molecule has 116 valence electrons. The zero-order chi connectivity index (χ0) is 15.0. The zero-order valence-electron chi connectivity index (χ0n) is 14.6. The van der Waals surface area contributed by atoms with Gasteiger partial charge in [-0.1, -0.05) is 46.3 Å². The van der Waals surface area contributed by atoms with Crippen molar-refractivity contribution in [2.24, 2.45) is 22.7 Å². The van der Waals surface area contributed by atoms with Crippen molar-refractivity contribution in [1.82, 2.24) is 5.32 Å². The van der Waals surface area contributed by atoms with Crippen LogP contribution in [0, 0.1) is 22.7 Å². The normalized spacial score (nSPS) is 33.8. The third-order valence-corrected chi connectivity index (χ3v) is 5.14. The van der Waals surface area contributed by atoms with Crippen molar-refractivity contribution in [3.63, 3.8) is 0 Å². The third-order valence-electron chi connectivity index (χ3n) is 5.14. The van der Waals surface area contributed by atoms with E-state index >= 15 is 0 Å². The van der Waals surface area contributed by atoms with Crippen molar-refractivity contribution in [3.05, 3.63) is 11.6 Å². The van der Waals surface area contributed by atoms with Crippen LogP contribution in [0.3, 0.4) is 0 Å². The lowest BCUT2D eigenvalue weighted by Gasteiger charge is -2.45. The molecule has 0 aromatic rings. The molecule has 1 fully saturated rings. The van der Waals surface area contributed by atoms with Crippen LogP contribution in [0.5, 0.6) is 0 Å². The van der Waals surface area contributed by atoms with Crippen molar-refractivity contribution in [1.29, 1.82) is 0 Å². The molecule has 2 rings (SSSR count). The molecule has 0 aromatic heterocycles. The molecule has 2 aliphatic rings. The molecule has 2 aliphatic carbocycles. The fourth-order valence-corrected chi connectivity index (χ4v) is 5.17. The molecular formula is C19H35N. The summed E-state index contributed by atoms with van der Waals surface area (Å²) in [4.78, 5) is 0. The fraction of sp³-hybridized carbons (Fsp3) is 0.895. The standard InChI is InChI=1S/C19H35N/c1-14-7-15(2)9-16(8-14)12-20-17-10-18(3,4)13-19(5,6)11-17/h7,14,16-17,20H,8-13H2,1-6H3. The Morgan fingerprint density at radius 1 is 1.15 bits per heavy atom. The summed E-state index contributed by atoms with van der Waals surface area (Å²) in [5.41, 5.74) is 2.59. The summed E-state index contributed by atoms with van der Waals surface area (Å²) in [6.07, 6.45) is 9.17. The van der Waals surface area contributed by atoms with Crippen LogP contribution in [0.15, 0.2) is 11.6 Å². The summed E-state index contributed by atoms with van der Waals surface area (Å²) in [5.74, 6) is 1.62. The predicted octanol–water partition coefficient (Wildman–Crippen LogP) is 5.17. The molecule has 1 heteroatoms. The van der Waals surface area contributed by atoms with Crippen LogP contribution in [0.25, 0.3) is 0 Å². The van der Waals surface area contributed by atoms with Gasteiger partial charge in [0.05, 0.1) is 0 Å². The molecule has 0 amide bonds. The lowest BCUT2D eigenvalue weighted by atomic mass is 9.63. The molecular weight excluding hydrogens is 242 g/mol. The predicted molar refractivity (Wildman–Crippen MR) is 88.8 cm³/mol. The van der Waals surface area contributed by atoms with Crippen LogP contribution in [-0.4, -0.2) is 12.6 Å². The van der Waals surface area contributed by atoms with Gasteiger partial charge in [-0.25, -0.2) is 0 Å². The summed E-state index contributed by atoms with van der Waals surface area (Å²) in [5, 5.41) is 3.92. The van der Waals surface area contributed by atoms with Crippen molar-refractivity contribution in [2.75, 3.05) is 6.54 Å². The molecule has 2 unspecified atom stereocenters. The number of hydrogen-bond donors (Lipinski definition) is 1. The first-order valence-corrected chi connectivity index (χ1v) is 8.56. The van der Waals surface area contributed by atoms with E-state index in [9.17, 15) is 0 Å². The van der Waals surface area contributed by atoms with Gasteiger partial charge in [0.15, 0.2) is 0 Å². The molecule has 0 aliphatic heterocycles. The maximum Gasteiger partial charge on any atom is 0.00773 e. The minimum Gasteiger partial charge on any atom is -0.314 e. The van der Waals surface area contributed by atoms with Gasteiger partial charge in [-0.2, -0.15) is 0 Å². The van der Waals surface area contributed by atoms with E-state index in [1.54, 1.807) is 5.57 Å². The summed E-state index contributed by atoms with van der Waals surface area (Å²) < 4.78 is 0. The van der Waals surface area contributed by atoms with Gasteiger partial charge in [0.2, 0.25) is 0 Å². The van der Waals surface area contributed by atoms with Crippen LogP contribution >= 0.6 is 0 Å². The molecule has 2 atom stereocenters. The molecule has 0 spiro atoms. The maximum atomic E-state index is 3.92. The van der Waals surface area contributed by atoms with Crippen molar-refractivity contribution < 1.29 is 0 Å². The van der Waals surface area contributed by atoms with Crippen LogP contribution in [0.1, 0.15) is 73.6 Å². The van der Waals surface area contributed by atoms with Gasteiger partial charge in [-0.15, -0.1) is 0 Å². The zero-order valence-corrected chi connectivity index (χ0v) is 14.6. The van der Waals surface area contributed by atoms with E-state index < -0.39 is 0 Å². The van der Waals surface area contributed by atoms with Crippen LogP contribution in [0.2, 0.25) is 0 Å². The quantitative estimate of drug-likeness (QED) is 0.701. The molecule has 0 heterocycles. The van der Waals surface area contributed by atoms with Gasteiger partial charge in [0.1, 0.15) is 0 Å². The molecule has 1 N–H and O–H groups in total. The average Bonchev–Trinajstić information content (AvgIpc) is 2.20. The molecule has 0 bridgehead atoms. The lowest BCUT2D eigenvalue weighted by molar-refractivity contribution is 0.0828. The third kappa shape index (κ3) is 4.62. The largest absolute Gasteiger partial charge is 0.314 e. The van der Waals surface area contributed by atoms with Gasteiger partial charge in [0, 0.05) is 6.04 Å². The summed E-state index contributed by atoms with van der Waals surface area (Å²) in [6, 6.07) is 0.718. The highest BCUT2D eigenvalue weighted by atomic mass is 14.9. The Kier molecular flexibility index (Phi) is 4.69. The van der Waals surface area contributed by atoms with Crippen molar-refractivity contribution in [3.8, 4) is 0 Å². The molecule has 20 heavy (non-hydrogen) atoms. The molecule has 1 saturated carbocycles. The van der Waals surface area contributed by atoms with Gasteiger partial charge < -0.3 is 5.32 Å². The molecule has 0 aromatic carbocycles.